The molecular weight excluding hydrogens is 338 g/mol. The molecule has 0 aliphatic carbocycles. The van der Waals surface area contributed by atoms with Gasteiger partial charge >= 0.3 is 5.97 Å². The average molecular weight is 352 g/mol. The Kier molecular flexibility index (Phi) is 4.70. The largest absolute Gasteiger partial charge is 0.496 e. The molecule has 5 nitrogen and oxygen atoms in total. The number of methoxy groups -OCH3 is 1. The molecule has 0 atom stereocenters. The lowest BCUT2D eigenvalue weighted by atomic mass is 10.1. The molecule has 0 aliphatic heterocycles. The normalized spacial score (nSPS) is 10.2. The number of nitrogen functional groups attached to an aromatic ring is 1. The van der Waals surface area contributed by atoms with Crippen LogP contribution in [0.1, 0.15) is 15.9 Å². The number of ether oxygens (including phenoxy) is 2. The molecule has 3 N–H and O–H groups in total. The van der Waals surface area contributed by atoms with Gasteiger partial charge in [-0.3, -0.25) is 0 Å². The molecule has 0 radical (unpaired) electrons. The average Bonchev–Trinajstić information content (AvgIpc) is 2.44. The van der Waals surface area contributed by atoms with Gasteiger partial charge in [-0.2, -0.15) is 0 Å². The Balaban J connectivity index is 2.27. The van der Waals surface area contributed by atoms with E-state index in [0.717, 1.165) is 10.0 Å². The van der Waals surface area contributed by atoms with Crippen LogP contribution in [0.15, 0.2) is 40.9 Å². The van der Waals surface area contributed by atoms with Crippen molar-refractivity contribution in [3.63, 3.8) is 0 Å². The number of hydrogen-bond acceptors (Lipinski definition) is 4. The molecule has 0 fully saturated rings. The monoisotopic (exact) mass is 351 g/mol. The van der Waals surface area contributed by atoms with Crippen LogP contribution in [0.5, 0.6) is 11.5 Å². The van der Waals surface area contributed by atoms with Gasteiger partial charge in [0.2, 0.25) is 0 Å². The Hall–Kier alpha value is -2.21. The minimum absolute atomic E-state index is 0.0357. The van der Waals surface area contributed by atoms with Gasteiger partial charge in [0.05, 0.1) is 7.11 Å². The molecule has 0 saturated heterocycles. The third kappa shape index (κ3) is 3.46. The lowest BCUT2D eigenvalue weighted by Gasteiger charge is -2.13. The van der Waals surface area contributed by atoms with Gasteiger partial charge in [0, 0.05) is 15.7 Å². The van der Waals surface area contributed by atoms with Crippen LogP contribution < -0.4 is 15.2 Å². The highest BCUT2D eigenvalue weighted by Crippen LogP contribution is 2.28. The molecule has 0 spiro atoms. The van der Waals surface area contributed by atoms with Gasteiger partial charge in [0.1, 0.15) is 23.7 Å². The molecule has 0 aromatic heterocycles. The van der Waals surface area contributed by atoms with Crippen LogP contribution in [0, 0.1) is 0 Å². The van der Waals surface area contributed by atoms with E-state index in [1.807, 2.05) is 12.1 Å². The number of nitrogens with two attached hydrogens (primary N) is 1. The molecule has 0 unspecified atom stereocenters. The van der Waals surface area contributed by atoms with Crippen molar-refractivity contribution in [3.05, 3.63) is 52.0 Å². The number of halogens is 1. The Morgan fingerprint density at radius 1 is 1.29 bits per heavy atom. The summed E-state index contributed by atoms with van der Waals surface area (Å²) >= 11 is 3.38. The van der Waals surface area contributed by atoms with E-state index in [1.54, 1.807) is 25.3 Å². The minimum atomic E-state index is -1.12. The SMILES string of the molecule is COc1ccc(Br)cc1COc1cccc(N)c1C(=O)O. The molecule has 0 bridgehead atoms. The fourth-order valence-corrected chi connectivity index (χ4v) is 2.32. The van der Waals surface area contributed by atoms with Crippen molar-refractivity contribution in [3.8, 4) is 11.5 Å². The molecule has 2 aromatic carbocycles. The number of anilines is 1. The zero-order valence-corrected chi connectivity index (χ0v) is 12.9. The quantitative estimate of drug-likeness (QED) is 0.807. The maximum atomic E-state index is 11.2. The summed E-state index contributed by atoms with van der Waals surface area (Å²) in [6.07, 6.45) is 0. The third-order valence-electron chi connectivity index (χ3n) is 2.90. The van der Waals surface area contributed by atoms with Crippen LogP contribution in [0.2, 0.25) is 0 Å². The molecular formula is C15H14BrNO4. The Morgan fingerprint density at radius 2 is 2.05 bits per heavy atom. The van der Waals surface area contributed by atoms with Gasteiger partial charge in [-0.1, -0.05) is 22.0 Å². The van der Waals surface area contributed by atoms with Crippen molar-refractivity contribution in [1.82, 2.24) is 0 Å². The van der Waals surface area contributed by atoms with Crippen molar-refractivity contribution >= 4 is 27.6 Å². The van der Waals surface area contributed by atoms with Crippen molar-refractivity contribution in [1.29, 1.82) is 0 Å². The Bertz CT molecular complexity index is 673. The predicted octanol–water partition coefficient (Wildman–Crippen LogP) is 3.32. The molecule has 21 heavy (non-hydrogen) atoms. The molecule has 0 amide bonds. The van der Waals surface area contributed by atoms with Gasteiger partial charge in [-0.05, 0) is 30.3 Å². The van der Waals surface area contributed by atoms with Crippen molar-refractivity contribution in [2.75, 3.05) is 12.8 Å². The summed E-state index contributed by atoms with van der Waals surface area (Å²) < 4.78 is 11.7. The number of aromatic carboxylic acids is 1. The van der Waals surface area contributed by atoms with E-state index in [9.17, 15) is 9.90 Å². The highest BCUT2D eigenvalue weighted by atomic mass is 79.9. The molecule has 2 aromatic rings. The minimum Gasteiger partial charge on any atom is -0.496 e. The van der Waals surface area contributed by atoms with E-state index >= 15 is 0 Å². The first kappa shape index (κ1) is 15.2. The van der Waals surface area contributed by atoms with Gasteiger partial charge in [0.15, 0.2) is 0 Å². The van der Waals surface area contributed by atoms with Gasteiger partial charge in [-0.15, -0.1) is 0 Å². The summed E-state index contributed by atoms with van der Waals surface area (Å²) in [5.41, 5.74) is 6.61. The van der Waals surface area contributed by atoms with E-state index in [1.165, 1.54) is 6.07 Å². The highest BCUT2D eigenvalue weighted by Gasteiger charge is 2.15. The zero-order valence-electron chi connectivity index (χ0n) is 11.3. The van der Waals surface area contributed by atoms with E-state index in [0.29, 0.717) is 5.75 Å². The highest BCUT2D eigenvalue weighted by molar-refractivity contribution is 9.10. The van der Waals surface area contributed by atoms with Crippen LogP contribution in [0.3, 0.4) is 0 Å². The Labute approximate surface area is 130 Å². The molecule has 0 aliphatic rings. The summed E-state index contributed by atoms with van der Waals surface area (Å²) in [4.78, 5) is 11.2. The second kappa shape index (κ2) is 6.49. The summed E-state index contributed by atoms with van der Waals surface area (Å²) in [7, 11) is 1.57. The first-order valence-corrected chi connectivity index (χ1v) is 6.89. The first-order valence-electron chi connectivity index (χ1n) is 6.10. The van der Waals surface area contributed by atoms with Gasteiger partial charge in [-0.25, -0.2) is 4.79 Å². The van der Waals surface area contributed by atoms with Crippen LogP contribution in [-0.4, -0.2) is 18.2 Å². The molecule has 6 heteroatoms. The molecule has 2 rings (SSSR count). The predicted molar refractivity (Wildman–Crippen MR) is 82.8 cm³/mol. The summed E-state index contributed by atoms with van der Waals surface area (Å²) in [6.45, 7) is 0.173. The molecule has 110 valence electrons. The van der Waals surface area contributed by atoms with E-state index in [4.69, 9.17) is 15.2 Å². The topological polar surface area (TPSA) is 81.8 Å². The second-order valence-corrected chi connectivity index (χ2v) is 5.19. The van der Waals surface area contributed by atoms with Gasteiger partial charge < -0.3 is 20.3 Å². The Morgan fingerprint density at radius 3 is 2.71 bits per heavy atom. The lowest BCUT2D eigenvalue weighted by molar-refractivity contribution is 0.0693. The second-order valence-electron chi connectivity index (χ2n) is 4.27. The number of carbonyl (C=O) groups is 1. The van der Waals surface area contributed by atoms with Crippen LogP contribution >= 0.6 is 15.9 Å². The van der Waals surface area contributed by atoms with Crippen LogP contribution in [0.4, 0.5) is 5.69 Å². The standard InChI is InChI=1S/C15H14BrNO4/c1-20-12-6-5-10(16)7-9(12)8-21-13-4-2-3-11(17)14(13)15(18)19/h2-7H,8,17H2,1H3,(H,18,19). The van der Waals surface area contributed by atoms with Gasteiger partial charge in [0.25, 0.3) is 0 Å². The lowest BCUT2D eigenvalue weighted by Crippen LogP contribution is -2.07. The number of carboxylic acid groups (broad SMARTS) is 1. The molecule has 0 heterocycles. The number of hydrogen-bond donors (Lipinski definition) is 2. The summed E-state index contributed by atoms with van der Waals surface area (Å²) in [5, 5.41) is 9.20. The summed E-state index contributed by atoms with van der Waals surface area (Å²) in [6, 6.07) is 10.3. The maximum absolute atomic E-state index is 11.2. The van der Waals surface area contributed by atoms with Crippen LogP contribution in [-0.2, 0) is 6.61 Å². The van der Waals surface area contributed by atoms with E-state index in [2.05, 4.69) is 15.9 Å². The summed E-state index contributed by atoms with van der Waals surface area (Å²) in [5.74, 6) is -0.229. The van der Waals surface area contributed by atoms with E-state index in [-0.39, 0.29) is 23.6 Å². The fourth-order valence-electron chi connectivity index (χ4n) is 1.91. The van der Waals surface area contributed by atoms with Crippen molar-refractivity contribution < 1.29 is 19.4 Å². The number of rotatable bonds is 5. The smallest absolute Gasteiger partial charge is 0.341 e. The number of benzene rings is 2. The number of carboxylic acids is 1. The van der Waals surface area contributed by atoms with Crippen molar-refractivity contribution in [2.45, 2.75) is 6.61 Å². The maximum Gasteiger partial charge on any atom is 0.341 e. The third-order valence-corrected chi connectivity index (χ3v) is 3.39. The van der Waals surface area contributed by atoms with Crippen molar-refractivity contribution in [2.24, 2.45) is 0 Å². The van der Waals surface area contributed by atoms with E-state index < -0.39 is 5.97 Å². The first-order chi connectivity index (χ1) is 10.0. The zero-order chi connectivity index (χ0) is 15.4. The fraction of sp³-hybridized carbons (Fsp3) is 0.133. The molecule has 0 saturated carbocycles. The van der Waals surface area contributed by atoms with Crippen LogP contribution in [0.25, 0.3) is 0 Å².